The van der Waals surface area contributed by atoms with Gasteiger partial charge in [0.2, 0.25) is 0 Å². The summed E-state index contributed by atoms with van der Waals surface area (Å²) in [4.78, 5) is 0. The predicted octanol–water partition coefficient (Wildman–Crippen LogP) is 5.24. The molecule has 0 amide bonds. The number of benzene rings is 1. The van der Waals surface area contributed by atoms with Crippen LogP contribution in [0, 0.1) is 23.1 Å². The molecule has 0 radical (unpaired) electrons. The second kappa shape index (κ2) is 6.61. The molecule has 0 saturated heterocycles. The van der Waals surface area contributed by atoms with Gasteiger partial charge in [0.25, 0.3) is 0 Å². The van der Waals surface area contributed by atoms with Gasteiger partial charge in [-0.1, -0.05) is 47.5 Å². The lowest BCUT2D eigenvalue weighted by Crippen LogP contribution is -2.43. The summed E-state index contributed by atoms with van der Waals surface area (Å²) in [5.41, 5.74) is 4.64. The Kier molecular flexibility index (Phi) is 5.58. The highest BCUT2D eigenvalue weighted by molar-refractivity contribution is 6.90. The van der Waals surface area contributed by atoms with Gasteiger partial charge in [-0.15, -0.1) is 5.54 Å². The van der Waals surface area contributed by atoms with Gasteiger partial charge in [0.1, 0.15) is 13.9 Å². The van der Waals surface area contributed by atoms with Crippen molar-refractivity contribution < 1.29 is 13.9 Å². The highest BCUT2D eigenvalue weighted by Crippen LogP contribution is 2.41. The standard InChI is InChI=1S/C17H24F2OSi/c1-11(2)21(12(3)4,13(5)6)8-7-14-9-15(18)10-16(19)17(14)20/h9-13,20H,1-6H3. The van der Waals surface area contributed by atoms with E-state index in [1.165, 1.54) is 0 Å². The van der Waals surface area contributed by atoms with Crippen LogP contribution in [-0.4, -0.2) is 13.2 Å². The quantitative estimate of drug-likeness (QED) is 0.598. The minimum absolute atomic E-state index is 0.0336. The maximum absolute atomic E-state index is 13.4. The van der Waals surface area contributed by atoms with Crippen LogP contribution < -0.4 is 0 Å². The lowest BCUT2D eigenvalue weighted by Gasteiger charge is -2.38. The Balaban J connectivity index is 3.42. The minimum Gasteiger partial charge on any atom is -0.504 e. The zero-order valence-electron chi connectivity index (χ0n) is 13.6. The summed E-state index contributed by atoms with van der Waals surface area (Å²) < 4.78 is 26.7. The first-order chi connectivity index (χ1) is 9.62. The molecule has 0 aromatic heterocycles. The van der Waals surface area contributed by atoms with Crippen LogP contribution in [0.1, 0.15) is 47.1 Å². The Morgan fingerprint density at radius 1 is 0.952 bits per heavy atom. The fourth-order valence-electron chi connectivity index (χ4n) is 3.27. The third-order valence-electron chi connectivity index (χ3n) is 4.31. The number of phenolic OH excluding ortho intramolecular Hbond substituents is 1. The molecule has 0 heterocycles. The molecule has 0 aliphatic heterocycles. The van der Waals surface area contributed by atoms with E-state index < -0.39 is 25.5 Å². The third-order valence-corrected chi connectivity index (χ3v) is 10.6. The molecule has 1 aromatic carbocycles. The van der Waals surface area contributed by atoms with Crippen LogP contribution in [0.2, 0.25) is 16.6 Å². The van der Waals surface area contributed by atoms with Crippen molar-refractivity contribution in [2.45, 2.75) is 58.2 Å². The number of hydrogen-bond donors (Lipinski definition) is 1. The van der Waals surface area contributed by atoms with Crippen LogP contribution in [0.25, 0.3) is 0 Å². The first-order valence-corrected chi connectivity index (χ1v) is 9.57. The van der Waals surface area contributed by atoms with Gasteiger partial charge in [0, 0.05) is 6.07 Å². The SMILES string of the molecule is CC(C)[Si](C#Cc1cc(F)cc(F)c1O)(C(C)C)C(C)C. The van der Waals surface area contributed by atoms with Crippen LogP contribution in [0.15, 0.2) is 12.1 Å². The van der Waals surface area contributed by atoms with Gasteiger partial charge in [-0.3, -0.25) is 0 Å². The molecule has 0 unspecified atom stereocenters. The van der Waals surface area contributed by atoms with E-state index in [-0.39, 0.29) is 5.56 Å². The summed E-state index contributed by atoms with van der Waals surface area (Å²) in [6, 6.07) is 1.75. The van der Waals surface area contributed by atoms with Gasteiger partial charge in [-0.25, -0.2) is 8.78 Å². The number of aromatic hydroxyl groups is 1. The summed E-state index contributed by atoms with van der Waals surface area (Å²) >= 11 is 0. The fraction of sp³-hybridized carbons (Fsp3) is 0.529. The Bertz CT molecular complexity index is 546. The Morgan fingerprint density at radius 2 is 1.43 bits per heavy atom. The van der Waals surface area contributed by atoms with Gasteiger partial charge in [-0.05, 0) is 22.7 Å². The van der Waals surface area contributed by atoms with E-state index in [2.05, 4.69) is 53.0 Å². The number of hydrogen-bond acceptors (Lipinski definition) is 1. The van der Waals surface area contributed by atoms with E-state index in [4.69, 9.17) is 0 Å². The van der Waals surface area contributed by atoms with Crippen molar-refractivity contribution in [3.05, 3.63) is 29.3 Å². The van der Waals surface area contributed by atoms with Crippen molar-refractivity contribution >= 4 is 8.07 Å². The molecule has 0 fully saturated rings. The van der Waals surface area contributed by atoms with E-state index in [1.54, 1.807) is 0 Å². The number of phenols is 1. The molecule has 4 heteroatoms. The first-order valence-electron chi connectivity index (χ1n) is 7.34. The van der Waals surface area contributed by atoms with Crippen LogP contribution >= 0.6 is 0 Å². The lowest BCUT2D eigenvalue weighted by atomic mass is 10.2. The molecule has 0 saturated carbocycles. The molecule has 0 aliphatic rings. The summed E-state index contributed by atoms with van der Waals surface area (Å²) in [6.07, 6.45) is 0. The van der Waals surface area contributed by atoms with Gasteiger partial charge < -0.3 is 5.11 Å². The van der Waals surface area contributed by atoms with Crippen LogP contribution in [0.4, 0.5) is 8.78 Å². The van der Waals surface area contributed by atoms with Gasteiger partial charge in [0.05, 0.1) is 5.56 Å². The molecular formula is C17H24F2OSi. The highest BCUT2D eigenvalue weighted by Gasteiger charge is 2.41. The van der Waals surface area contributed by atoms with E-state index in [1.807, 2.05) is 0 Å². The Morgan fingerprint density at radius 3 is 1.86 bits per heavy atom. The van der Waals surface area contributed by atoms with E-state index in [9.17, 15) is 13.9 Å². The lowest BCUT2D eigenvalue weighted by molar-refractivity contribution is 0.426. The van der Waals surface area contributed by atoms with Gasteiger partial charge in [0.15, 0.2) is 11.6 Å². The van der Waals surface area contributed by atoms with Gasteiger partial charge in [-0.2, -0.15) is 0 Å². The van der Waals surface area contributed by atoms with Crippen molar-refractivity contribution in [3.63, 3.8) is 0 Å². The van der Waals surface area contributed by atoms with Crippen molar-refractivity contribution in [2.24, 2.45) is 0 Å². The molecule has 116 valence electrons. The van der Waals surface area contributed by atoms with Crippen LogP contribution in [-0.2, 0) is 0 Å². The largest absolute Gasteiger partial charge is 0.504 e. The van der Waals surface area contributed by atoms with Crippen LogP contribution in [0.5, 0.6) is 5.75 Å². The zero-order chi connectivity index (χ0) is 16.4. The third kappa shape index (κ3) is 3.46. The second-order valence-corrected chi connectivity index (χ2v) is 12.0. The molecule has 1 aromatic rings. The average molecular weight is 310 g/mol. The summed E-state index contributed by atoms with van der Waals surface area (Å²) in [6.45, 7) is 13.0. The monoisotopic (exact) mass is 310 g/mol. The molecule has 0 aliphatic carbocycles. The number of rotatable bonds is 3. The molecule has 1 rings (SSSR count). The second-order valence-electron chi connectivity index (χ2n) is 6.43. The van der Waals surface area contributed by atoms with Crippen molar-refractivity contribution in [1.29, 1.82) is 0 Å². The van der Waals surface area contributed by atoms with Gasteiger partial charge >= 0.3 is 0 Å². The fourth-order valence-corrected chi connectivity index (χ4v) is 8.49. The molecule has 0 atom stereocenters. The van der Waals surface area contributed by atoms with Crippen LogP contribution in [0.3, 0.4) is 0 Å². The maximum atomic E-state index is 13.4. The molecule has 1 nitrogen and oxygen atoms in total. The summed E-state index contributed by atoms with van der Waals surface area (Å²) in [7, 11) is -1.99. The van der Waals surface area contributed by atoms with Crippen molar-refractivity contribution in [1.82, 2.24) is 0 Å². The van der Waals surface area contributed by atoms with Crippen molar-refractivity contribution in [2.75, 3.05) is 0 Å². The number of halogens is 2. The van der Waals surface area contributed by atoms with Crippen molar-refractivity contribution in [3.8, 4) is 17.2 Å². The van der Waals surface area contributed by atoms with E-state index >= 15 is 0 Å². The molecular weight excluding hydrogens is 286 g/mol. The average Bonchev–Trinajstić information content (AvgIpc) is 2.34. The van der Waals surface area contributed by atoms with E-state index in [0.717, 1.165) is 6.07 Å². The summed E-state index contributed by atoms with van der Waals surface area (Å²) in [5.74, 6) is 0.606. The molecule has 21 heavy (non-hydrogen) atoms. The summed E-state index contributed by atoms with van der Waals surface area (Å²) in [5, 5.41) is 9.71. The molecule has 0 spiro atoms. The Labute approximate surface area is 127 Å². The zero-order valence-corrected chi connectivity index (χ0v) is 14.6. The topological polar surface area (TPSA) is 20.2 Å². The first kappa shape index (κ1) is 17.7. The molecule has 1 N–H and O–H groups in total. The minimum atomic E-state index is -1.99. The molecule has 0 bridgehead atoms. The van der Waals surface area contributed by atoms with E-state index in [0.29, 0.717) is 22.7 Å². The predicted molar refractivity (Wildman–Crippen MR) is 85.9 cm³/mol. The smallest absolute Gasteiger partial charge is 0.169 e. The normalized spacial score (nSPS) is 12.0. The Hall–Kier alpha value is -1.34. The maximum Gasteiger partial charge on any atom is 0.169 e. The highest BCUT2D eigenvalue weighted by atomic mass is 28.3.